The quantitative estimate of drug-likeness (QED) is 0.646. The molecule has 0 fully saturated rings. The average molecular weight is 361 g/mol. The van der Waals surface area contributed by atoms with E-state index < -0.39 is 15.9 Å². The molecule has 0 spiro atoms. The van der Waals surface area contributed by atoms with Gasteiger partial charge in [-0.25, -0.2) is 9.37 Å². The van der Waals surface area contributed by atoms with E-state index in [2.05, 4.69) is 4.98 Å². The molecule has 0 amide bonds. The van der Waals surface area contributed by atoms with Gasteiger partial charge in [-0.1, -0.05) is 18.2 Å². The first kappa shape index (κ1) is 17.2. The normalized spacial score (nSPS) is 11.5. The Kier molecular flexibility index (Phi) is 4.59. The molecule has 0 aliphatic heterocycles. The number of para-hydroxylation sites is 1. The fourth-order valence-corrected chi connectivity index (χ4v) is 3.31. The molecule has 5 nitrogen and oxygen atoms in total. The summed E-state index contributed by atoms with van der Waals surface area (Å²) in [5.74, 6) is -0.661. The summed E-state index contributed by atoms with van der Waals surface area (Å²) in [4.78, 5) is 4.15. The lowest BCUT2D eigenvalue weighted by molar-refractivity contribution is 0.320. The Morgan fingerprint density at radius 1 is 1.08 bits per heavy atom. The van der Waals surface area contributed by atoms with E-state index in [0.717, 1.165) is 29.3 Å². The summed E-state index contributed by atoms with van der Waals surface area (Å²) in [7, 11) is -4.16. The molecule has 25 heavy (non-hydrogen) atoms. The van der Waals surface area contributed by atoms with Crippen LogP contribution >= 0.6 is 0 Å². The molecule has 3 rings (SSSR count). The van der Waals surface area contributed by atoms with Crippen molar-refractivity contribution in [3.05, 3.63) is 60.0 Å². The maximum absolute atomic E-state index is 13.7. The molecule has 0 saturated carbocycles. The van der Waals surface area contributed by atoms with Gasteiger partial charge in [-0.15, -0.1) is 0 Å². The highest BCUT2D eigenvalue weighted by atomic mass is 32.2. The lowest BCUT2D eigenvalue weighted by Crippen LogP contribution is -2.11. The van der Waals surface area contributed by atoms with Crippen LogP contribution in [0.5, 0.6) is 11.5 Å². The van der Waals surface area contributed by atoms with Crippen LogP contribution in [-0.4, -0.2) is 20.0 Å². The molecule has 0 atom stereocenters. The van der Waals surface area contributed by atoms with E-state index in [4.69, 9.17) is 8.92 Å². The van der Waals surface area contributed by atoms with Crippen LogP contribution in [0.25, 0.3) is 10.9 Å². The third-order valence-electron chi connectivity index (χ3n) is 3.51. The Hall–Kier alpha value is -2.67. The maximum atomic E-state index is 13.7. The summed E-state index contributed by atoms with van der Waals surface area (Å²) in [6, 6.07) is 12.0. The molecule has 0 bridgehead atoms. The van der Waals surface area contributed by atoms with E-state index in [1.807, 2.05) is 18.2 Å². The van der Waals surface area contributed by atoms with E-state index in [0.29, 0.717) is 5.52 Å². The van der Waals surface area contributed by atoms with Crippen molar-refractivity contribution in [2.45, 2.75) is 18.7 Å². The van der Waals surface area contributed by atoms with Crippen molar-refractivity contribution < 1.29 is 21.7 Å². The smallest absolute Gasteiger partial charge is 0.339 e. The van der Waals surface area contributed by atoms with E-state index in [1.54, 1.807) is 19.9 Å². The van der Waals surface area contributed by atoms with Crippen LogP contribution in [-0.2, 0) is 10.1 Å². The average Bonchev–Trinajstić information content (AvgIpc) is 2.57. The zero-order chi connectivity index (χ0) is 18.0. The van der Waals surface area contributed by atoms with Crippen molar-refractivity contribution in [3.63, 3.8) is 0 Å². The number of halogens is 1. The Balaban J connectivity index is 2.03. The second-order valence-corrected chi connectivity index (χ2v) is 6.89. The zero-order valence-electron chi connectivity index (χ0n) is 13.7. The predicted molar refractivity (Wildman–Crippen MR) is 91.9 cm³/mol. The highest BCUT2D eigenvalue weighted by molar-refractivity contribution is 7.87. The number of ether oxygens (including phenoxy) is 1. The lowest BCUT2D eigenvalue weighted by atomic mass is 10.2. The first-order valence-electron chi connectivity index (χ1n) is 7.64. The van der Waals surface area contributed by atoms with Gasteiger partial charge >= 0.3 is 10.1 Å². The van der Waals surface area contributed by atoms with E-state index in [9.17, 15) is 12.8 Å². The topological polar surface area (TPSA) is 65.5 Å². The number of aryl methyl sites for hydroxylation is 1. The van der Waals surface area contributed by atoms with Gasteiger partial charge in [0.2, 0.25) is 0 Å². The highest BCUT2D eigenvalue weighted by Gasteiger charge is 2.20. The third kappa shape index (κ3) is 3.56. The van der Waals surface area contributed by atoms with Crippen molar-refractivity contribution in [2.24, 2.45) is 0 Å². The van der Waals surface area contributed by atoms with Crippen LogP contribution in [0, 0.1) is 12.7 Å². The molecule has 0 saturated heterocycles. The second kappa shape index (κ2) is 6.68. The fourth-order valence-electron chi connectivity index (χ4n) is 2.36. The SMILES string of the molecule is CCOc1cc(S(=O)(=O)Oc2cccc3ccc(C)nc23)ccc1F. The second-order valence-electron chi connectivity index (χ2n) is 5.34. The van der Waals surface area contributed by atoms with Crippen LogP contribution < -0.4 is 8.92 Å². The number of rotatable bonds is 5. The van der Waals surface area contributed by atoms with Crippen LogP contribution in [0.15, 0.2) is 53.4 Å². The third-order valence-corrected chi connectivity index (χ3v) is 4.74. The molecule has 0 unspecified atom stereocenters. The Morgan fingerprint density at radius 3 is 2.64 bits per heavy atom. The van der Waals surface area contributed by atoms with Gasteiger partial charge in [0.05, 0.1) is 6.61 Å². The van der Waals surface area contributed by atoms with E-state index >= 15 is 0 Å². The van der Waals surface area contributed by atoms with Crippen molar-refractivity contribution >= 4 is 21.0 Å². The van der Waals surface area contributed by atoms with Crippen molar-refractivity contribution in [1.29, 1.82) is 0 Å². The molecule has 0 aliphatic rings. The van der Waals surface area contributed by atoms with Gasteiger partial charge in [0, 0.05) is 17.1 Å². The predicted octanol–water partition coefficient (Wildman–Crippen LogP) is 3.85. The molecule has 130 valence electrons. The number of fused-ring (bicyclic) bond motifs is 1. The van der Waals surface area contributed by atoms with Gasteiger partial charge in [-0.2, -0.15) is 8.42 Å². The zero-order valence-corrected chi connectivity index (χ0v) is 14.5. The first-order chi connectivity index (χ1) is 11.9. The van der Waals surface area contributed by atoms with Crippen molar-refractivity contribution in [1.82, 2.24) is 4.98 Å². The van der Waals surface area contributed by atoms with Crippen LogP contribution in [0.1, 0.15) is 12.6 Å². The Labute approximate surface area is 145 Å². The molecular weight excluding hydrogens is 345 g/mol. The van der Waals surface area contributed by atoms with Crippen LogP contribution in [0.4, 0.5) is 4.39 Å². The van der Waals surface area contributed by atoms with Crippen molar-refractivity contribution in [2.75, 3.05) is 6.61 Å². The number of nitrogens with zero attached hydrogens (tertiary/aromatic N) is 1. The monoisotopic (exact) mass is 361 g/mol. The number of hydrogen-bond donors (Lipinski definition) is 0. The van der Waals surface area contributed by atoms with Gasteiger partial charge < -0.3 is 8.92 Å². The highest BCUT2D eigenvalue weighted by Crippen LogP contribution is 2.29. The van der Waals surface area contributed by atoms with E-state index in [1.165, 1.54) is 6.07 Å². The van der Waals surface area contributed by atoms with Gasteiger partial charge in [0.1, 0.15) is 10.4 Å². The summed E-state index contributed by atoms with van der Waals surface area (Å²) in [6.45, 7) is 3.70. The number of aromatic nitrogens is 1. The molecule has 0 radical (unpaired) electrons. The summed E-state index contributed by atoms with van der Waals surface area (Å²) in [5, 5.41) is 0.757. The maximum Gasteiger partial charge on any atom is 0.339 e. The van der Waals surface area contributed by atoms with Gasteiger partial charge in [0.25, 0.3) is 0 Å². The number of hydrogen-bond acceptors (Lipinski definition) is 5. The van der Waals surface area contributed by atoms with E-state index in [-0.39, 0.29) is 23.0 Å². The molecule has 0 N–H and O–H groups in total. The largest absolute Gasteiger partial charge is 0.491 e. The van der Waals surface area contributed by atoms with Crippen molar-refractivity contribution in [3.8, 4) is 11.5 Å². The summed E-state index contributed by atoms with van der Waals surface area (Å²) in [5.41, 5.74) is 1.18. The summed E-state index contributed by atoms with van der Waals surface area (Å²) >= 11 is 0. The minimum Gasteiger partial charge on any atom is -0.491 e. The first-order valence-corrected chi connectivity index (χ1v) is 9.05. The molecule has 3 aromatic rings. The lowest BCUT2D eigenvalue weighted by Gasteiger charge is -2.11. The van der Waals surface area contributed by atoms with Crippen LogP contribution in [0.3, 0.4) is 0 Å². The number of benzene rings is 2. The minimum absolute atomic E-state index is 0.114. The van der Waals surface area contributed by atoms with Gasteiger partial charge in [0.15, 0.2) is 17.3 Å². The fraction of sp³-hybridized carbons (Fsp3) is 0.167. The van der Waals surface area contributed by atoms with Gasteiger partial charge in [-0.05, 0) is 38.1 Å². The van der Waals surface area contributed by atoms with Gasteiger partial charge in [-0.3, -0.25) is 0 Å². The van der Waals surface area contributed by atoms with Crippen LogP contribution in [0.2, 0.25) is 0 Å². The Bertz CT molecular complexity index is 1030. The Morgan fingerprint density at radius 2 is 1.88 bits per heavy atom. The molecule has 1 aromatic heterocycles. The molecule has 2 aromatic carbocycles. The molecule has 1 heterocycles. The molecule has 7 heteroatoms. The minimum atomic E-state index is -4.16. The number of pyridine rings is 1. The summed E-state index contributed by atoms with van der Waals surface area (Å²) < 4.78 is 49.2. The molecule has 0 aliphatic carbocycles. The molecular formula is C18H16FNO4S. The summed E-state index contributed by atoms with van der Waals surface area (Å²) in [6.07, 6.45) is 0. The standard InChI is InChI=1S/C18H16FNO4S/c1-3-23-17-11-14(9-10-15(17)19)25(21,22)24-16-6-4-5-13-8-7-12(2)20-18(13)16/h4-11H,3H2,1-2H3.